The molecule has 2 aliphatic heterocycles. The van der Waals surface area contributed by atoms with E-state index in [0.29, 0.717) is 11.8 Å². The Morgan fingerprint density at radius 1 is 1.04 bits per heavy atom. The molecule has 2 bridgehead atoms. The Hall–Kier alpha value is -2.73. The summed E-state index contributed by atoms with van der Waals surface area (Å²) in [7, 11) is 0. The minimum absolute atomic E-state index is 0.148. The first kappa shape index (κ1) is 15.5. The zero-order chi connectivity index (χ0) is 17.5. The first-order chi connectivity index (χ1) is 12.8. The van der Waals surface area contributed by atoms with Gasteiger partial charge in [-0.1, -0.05) is 18.2 Å². The van der Waals surface area contributed by atoms with E-state index in [-0.39, 0.29) is 5.56 Å². The number of hydrogen-bond acceptors (Lipinski definition) is 4. The first-order valence-corrected chi connectivity index (χ1v) is 9.12. The van der Waals surface area contributed by atoms with E-state index in [1.807, 2.05) is 10.6 Å². The Morgan fingerprint density at radius 2 is 1.92 bits per heavy atom. The maximum absolute atomic E-state index is 12.1. The first-order valence-electron chi connectivity index (χ1n) is 9.12. The van der Waals surface area contributed by atoms with Gasteiger partial charge in [-0.15, -0.1) is 0 Å². The van der Waals surface area contributed by atoms with Crippen molar-refractivity contribution in [1.82, 2.24) is 24.2 Å². The lowest BCUT2D eigenvalue weighted by molar-refractivity contribution is 0.114. The molecule has 0 spiro atoms. The predicted molar refractivity (Wildman–Crippen MR) is 98.2 cm³/mol. The van der Waals surface area contributed by atoms with Crippen molar-refractivity contribution in [3.63, 3.8) is 0 Å². The molecule has 3 aromatic rings. The maximum Gasteiger partial charge on any atom is 0.250 e. The molecule has 1 fully saturated rings. The van der Waals surface area contributed by atoms with E-state index in [1.165, 1.54) is 17.7 Å². The van der Waals surface area contributed by atoms with Gasteiger partial charge in [-0.25, -0.2) is 9.67 Å². The van der Waals surface area contributed by atoms with Gasteiger partial charge >= 0.3 is 0 Å². The third-order valence-electron chi connectivity index (χ3n) is 5.58. The summed E-state index contributed by atoms with van der Waals surface area (Å²) < 4.78 is 3.76. The summed E-state index contributed by atoms with van der Waals surface area (Å²) in [5.74, 6) is 1.03. The molecule has 2 aliphatic rings. The molecule has 2 atom stereocenters. The average Bonchev–Trinajstić information content (AvgIpc) is 3.18. The van der Waals surface area contributed by atoms with Gasteiger partial charge in [-0.05, 0) is 36.1 Å². The quantitative estimate of drug-likeness (QED) is 0.728. The molecule has 6 heteroatoms. The Kier molecular flexibility index (Phi) is 3.71. The van der Waals surface area contributed by atoms with Crippen LogP contribution in [-0.2, 0) is 13.1 Å². The Morgan fingerprint density at radius 3 is 2.73 bits per heavy atom. The zero-order valence-electron chi connectivity index (χ0n) is 14.5. The average molecular weight is 347 g/mol. The van der Waals surface area contributed by atoms with E-state index in [4.69, 9.17) is 0 Å². The van der Waals surface area contributed by atoms with Crippen LogP contribution in [0.25, 0.3) is 5.69 Å². The van der Waals surface area contributed by atoms with Crippen LogP contribution in [0.15, 0.2) is 59.9 Å². The summed E-state index contributed by atoms with van der Waals surface area (Å²) in [6.07, 6.45) is 4.45. The SMILES string of the molecule is O=c1cccc2n1C[C@H]1C[C@@H]2CN(Cc2ccc(-n3cncn3)cc2)C1. The van der Waals surface area contributed by atoms with Crippen molar-refractivity contribution in [2.75, 3.05) is 13.1 Å². The molecule has 132 valence electrons. The molecule has 0 amide bonds. The summed E-state index contributed by atoms with van der Waals surface area (Å²) in [5.41, 5.74) is 3.68. The van der Waals surface area contributed by atoms with Crippen molar-refractivity contribution in [2.45, 2.75) is 25.4 Å². The Bertz CT molecular complexity index is 961. The molecule has 1 aromatic carbocycles. The molecule has 4 heterocycles. The molecule has 0 unspecified atom stereocenters. The van der Waals surface area contributed by atoms with Gasteiger partial charge in [0.15, 0.2) is 0 Å². The van der Waals surface area contributed by atoms with E-state index in [2.05, 4.69) is 45.3 Å². The molecule has 0 radical (unpaired) electrons. The molecule has 26 heavy (non-hydrogen) atoms. The highest BCUT2D eigenvalue weighted by atomic mass is 16.1. The van der Waals surface area contributed by atoms with E-state index in [1.54, 1.807) is 23.4 Å². The van der Waals surface area contributed by atoms with Gasteiger partial charge in [-0.2, -0.15) is 5.10 Å². The van der Waals surface area contributed by atoms with Crippen LogP contribution in [0.3, 0.4) is 0 Å². The summed E-state index contributed by atoms with van der Waals surface area (Å²) >= 11 is 0. The Labute approximate surface area is 151 Å². The monoisotopic (exact) mass is 347 g/mol. The van der Waals surface area contributed by atoms with Gasteiger partial charge in [0.1, 0.15) is 12.7 Å². The van der Waals surface area contributed by atoms with Gasteiger partial charge < -0.3 is 4.57 Å². The number of benzene rings is 1. The van der Waals surface area contributed by atoms with Crippen molar-refractivity contribution < 1.29 is 0 Å². The van der Waals surface area contributed by atoms with E-state index in [9.17, 15) is 4.79 Å². The summed E-state index contributed by atoms with van der Waals surface area (Å²) in [6, 6.07) is 14.2. The largest absolute Gasteiger partial charge is 0.312 e. The zero-order valence-corrected chi connectivity index (χ0v) is 14.5. The lowest BCUT2D eigenvalue weighted by atomic mass is 9.83. The van der Waals surface area contributed by atoms with Crippen LogP contribution in [0.1, 0.15) is 23.6 Å². The molecule has 0 saturated carbocycles. The number of hydrogen-bond donors (Lipinski definition) is 0. The molecule has 0 aliphatic carbocycles. The molecule has 5 rings (SSSR count). The van der Waals surface area contributed by atoms with Crippen LogP contribution < -0.4 is 5.56 Å². The number of aromatic nitrogens is 4. The second-order valence-electron chi connectivity index (χ2n) is 7.40. The standard InChI is InChI=1S/C20H21N5O/c26-20-3-1-2-19-17-8-16(11-24(19)20)10-23(12-17)9-15-4-6-18(7-5-15)25-14-21-13-22-25/h1-7,13-14,16-17H,8-12H2/t16-,17+/m0/s1. The molecule has 0 N–H and O–H groups in total. The van der Waals surface area contributed by atoms with Gasteiger partial charge in [0.05, 0.1) is 5.69 Å². The van der Waals surface area contributed by atoms with E-state index >= 15 is 0 Å². The second kappa shape index (κ2) is 6.21. The number of piperidine rings is 1. The van der Waals surface area contributed by atoms with E-state index in [0.717, 1.165) is 31.9 Å². The van der Waals surface area contributed by atoms with Crippen LogP contribution in [0.2, 0.25) is 0 Å². The summed E-state index contributed by atoms with van der Waals surface area (Å²) in [5, 5.41) is 4.17. The van der Waals surface area contributed by atoms with Gasteiger partial charge in [0, 0.05) is 43.9 Å². The summed E-state index contributed by atoms with van der Waals surface area (Å²) in [6.45, 7) is 3.88. The highest BCUT2D eigenvalue weighted by molar-refractivity contribution is 5.33. The fraction of sp³-hybridized carbons (Fsp3) is 0.350. The van der Waals surface area contributed by atoms with Crippen molar-refractivity contribution in [1.29, 1.82) is 0 Å². The third-order valence-corrected chi connectivity index (χ3v) is 5.58. The van der Waals surface area contributed by atoms with Gasteiger partial charge in [-0.3, -0.25) is 9.69 Å². The van der Waals surface area contributed by atoms with Crippen LogP contribution >= 0.6 is 0 Å². The maximum atomic E-state index is 12.1. The normalized spacial score (nSPS) is 22.2. The summed E-state index contributed by atoms with van der Waals surface area (Å²) in [4.78, 5) is 18.7. The van der Waals surface area contributed by atoms with Crippen molar-refractivity contribution >= 4 is 0 Å². The minimum Gasteiger partial charge on any atom is -0.312 e. The van der Waals surface area contributed by atoms with Gasteiger partial charge in [0.2, 0.25) is 0 Å². The number of likely N-dealkylation sites (tertiary alicyclic amines) is 1. The second-order valence-corrected chi connectivity index (χ2v) is 7.40. The van der Waals surface area contributed by atoms with Crippen molar-refractivity contribution in [3.8, 4) is 5.69 Å². The van der Waals surface area contributed by atoms with Crippen LogP contribution in [0.5, 0.6) is 0 Å². The number of nitrogens with zero attached hydrogens (tertiary/aromatic N) is 5. The lowest BCUT2D eigenvalue weighted by Crippen LogP contribution is -2.46. The Balaban J connectivity index is 1.33. The number of rotatable bonds is 3. The minimum atomic E-state index is 0.148. The highest BCUT2D eigenvalue weighted by Gasteiger charge is 2.34. The number of fused-ring (bicyclic) bond motifs is 4. The topological polar surface area (TPSA) is 56.0 Å². The van der Waals surface area contributed by atoms with Crippen LogP contribution in [-0.4, -0.2) is 37.3 Å². The molecule has 6 nitrogen and oxygen atoms in total. The highest BCUT2D eigenvalue weighted by Crippen LogP contribution is 2.35. The van der Waals surface area contributed by atoms with Crippen LogP contribution in [0, 0.1) is 5.92 Å². The number of pyridine rings is 1. The molecule has 1 saturated heterocycles. The molecular weight excluding hydrogens is 326 g/mol. The predicted octanol–water partition coefficient (Wildman–Crippen LogP) is 2.05. The fourth-order valence-corrected chi connectivity index (χ4v) is 4.48. The smallest absolute Gasteiger partial charge is 0.250 e. The fourth-order valence-electron chi connectivity index (χ4n) is 4.48. The van der Waals surface area contributed by atoms with Gasteiger partial charge in [0.25, 0.3) is 5.56 Å². The van der Waals surface area contributed by atoms with Crippen LogP contribution in [0.4, 0.5) is 0 Å². The molecule has 2 aromatic heterocycles. The molecular formula is C20H21N5O. The van der Waals surface area contributed by atoms with Crippen molar-refractivity contribution in [2.24, 2.45) is 5.92 Å². The van der Waals surface area contributed by atoms with Crippen molar-refractivity contribution in [3.05, 3.63) is 76.7 Å². The lowest BCUT2D eigenvalue weighted by Gasteiger charge is -2.42. The third kappa shape index (κ3) is 2.76. The van der Waals surface area contributed by atoms with E-state index < -0.39 is 0 Å².